The minimum Gasteiger partial charge on any atom is -0.497 e. The molecule has 1 atom stereocenters. The van der Waals surface area contributed by atoms with Crippen LogP contribution in [0.15, 0.2) is 77.7 Å². The quantitative estimate of drug-likeness (QED) is 0.386. The molecule has 3 aromatic carbocycles. The molecule has 0 heterocycles. The van der Waals surface area contributed by atoms with E-state index >= 15 is 0 Å². The van der Waals surface area contributed by atoms with Crippen molar-refractivity contribution in [2.75, 3.05) is 7.11 Å². The second-order valence-corrected chi connectivity index (χ2v) is 6.49. The van der Waals surface area contributed by atoms with Crippen molar-refractivity contribution in [2.45, 2.75) is 53.4 Å². The molecule has 0 saturated heterocycles. The smallest absolute Gasteiger partial charge is 0.240 e. The van der Waals surface area contributed by atoms with Crippen LogP contribution >= 0.6 is 0 Å². The second-order valence-electron chi connectivity index (χ2n) is 5.38. The lowest BCUT2D eigenvalue weighted by Crippen LogP contribution is -2.01. The highest BCUT2D eigenvalue weighted by Gasteiger charge is 2.07. The molecule has 3 rings (SSSR count). The summed E-state index contributed by atoms with van der Waals surface area (Å²) in [6.45, 7) is 14.0. The molecule has 0 aliphatic heterocycles. The van der Waals surface area contributed by atoms with Crippen molar-refractivity contribution in [1.82, 2.24) is 0 Å². The van der Waals surface area contributed by atoms with Crippen molar-refractivity contribution in [3.63, 3.8) is 0 Å². The van der Waals surface area contributed by atoms with Crippen LogP contribution in [0.5, 0.6) is 23.0 Å². The van der Waals surface area contributed by atoms with Gasteiger partial charge in [0, 0.05) is 0 Å². The first-order chi connectivity index (χ1) is 15.1. The Balaban J connectivity index is 0.00000138. The van der Waals surface area contributed by atoms with Crippen LogP contribution in [0.2, 0.25) is 0 Å². The molecule has 0 aromatic heterocycles. The van der Waals surface area contributed by atoms with Crippen LogP contribution in [0.4, 0.5) is 0 Å². The molecule has 0 spiro atoms. The predicted molar refractivity (Wildman–Crippen MR) is 132 cm³/mol. The van der Waals surface area contributed by atoms with E-state index in [-0.39, 0.29) is 0 Å². The van der Waals surface area contributed by atoms with Gasteiger partial charge in [-0.15, -0.1) is 0 Å². The molecule has 0 amide bonds. The summed E-state index contributed by atoms with van der Waals surface area (Å²) >= 11 is -1.59. The molecule has 0 aliphatic rings. The summed E-state index contributed by atoms with van der Waals surface area (Å²) in [6, 6.07) is 21.7. The van der Waals surface area contributed by atoms with Gasteiger partial charge in [-0.05, 0) is 67.6 Å². The number of aryl methyl sites for hydroxylation is 1. The number of rotatable bonds is 6. The van der Waals surface area contributed by atoms with Gasteiger partial charge in [0.05, 0.1) is 12.0 Å². The van der Waals surface area contributed by atoms with E-state index in [9.17, 15) is 4.21 Å². The van der Waals surface area contributed by atoms with Crippen molar-refractivity contribution in [1.29, 1.82) is 0 Å². The fourth-order valence-electron chi connectivity index (χ4n) is 2.13. The highest BCUT2D eigenvalue weighted by Crippen LogP contribution is 2.25. The van der Waals surface area contributed by atoms with Gasteiger partial charge >= 0.3 is 0 Å². The minimum absolute atomic E-state index is 0.505. The first kappa shape index (κ1) is 28.2. The van der Waals surface area contributed by atoms with E-state index in [1.54, 1.807) is 55.6 Å². The second kappa shape index (κ2) is 16.9. The number of hydrogen-bond donors (Lipinski definition) is 0. The van der Waals surface area contributed by atoms with E-state index in [4.69, 9.17) is 13.7 Å². The summed E-state index contributed by atoms with van der Waals surface area (Å²) in [5.74, 6) is 2.66. The molecule has 0 fully saturated rings. The lowest BCUT2D eigenvalue weighted by molar-refractivity contribution is 0.414. The average molecular weight is 445 g/mol. The molecule has 3 aromatic rings. The third-order valence-electron chi connectivity index (χ3n) is 3.50. The molecule has 0 aliphatic carbocycles. The Bertz CT molecular complexity index is 842. The number of ether oxygens (including phenoxy) is 2. The van der Waals surface area contributed by atoms with Crippen LogP contribution in [-0.2, 0) is 11.1 Å². The Morgan fingerprint density at radius 2 is 0.968 bits per heavy atom. The summed E-state index contributed by atoms with van der Waals surface area (Å²) in [4.78, 5) is 0.570. The van der Waals surface area contributed by atoms with Gasteiger partial charge in [-0.2, -0.15) is 0 Å². The highest BCUT2D eigenvalue weighted by atomic mass is 32.2. The Morgan fingerprint density at radius 3 is 1.42 bits per heavy atom. The topological polar surface area (TPSA) is 44.8 Å². The SMILES string of the molecule is CC.CC.CC.COc1ccc(S(=O)Oc2ccc(Oc3ccc(C)cc3)cc2)cc1. The van der Waals surface area contributed by atoms with Gasteiger partial charge in [0.2, 0.25) is 11.1 Å². The zero-order valence-electron chi connectivity index (χ0n) is 20.0. The van der Waals surface area contributed by atoms with Gasteiger partial charge in [-0.3, -0.25) is 0 Å². The van der Waals surface area contributed by atoms with Crippen molar-refractivity contribution in [2.24, 2.45) is 0 Å². The normalized spacial score (nSPS) is 9.94. The van der Waals surface area contributed by atoms with E-state index in [0.717, 1.165) is 5.75 Å². The number of benzene rings is 3. The third kappa shape index (κ3) is 10.2. The highest BCUT2D eigenvalue weighted by molar-refractivity contribution is 7.80. The maximum atomic E-state index is 12.2. The fourth-order valence-corrected chi connectivity index (χ4v) is 2.87. The van der Waals surface area contributed by atoms with Gasteiger partial charge in [-0.1, -0.05) is 59.2 Å². The molecule has 5 heteroatoms. The largest absolute Gasteiger partial charge is 0.497 e. The van der Waals surface area contributed by atoms with Crippen molar-refractivity contribution in [3.8, 4) is 23.0 Å². The van der Waals surface area contributed by atoms with Crippen LogP contribution in [0.25, 0.3) is 0 Å². The lowest BCUT2D eigenvalue weighted by atomic mass is 10.2. The predicted octanol–water partition coefficient (Wildman–Crippen LogP) is 7.98. The average Bonchev–Trinajstić information content (AvgIpc) is 2.85. The Labute approximate surface area is 190 Å². The van der Waals surface area contributed by atoms with Crippen LogP contribution in [-0.4, -0.2) is 11.3 Å². The van der Waals surface area contributed by atoms with Gasteiger partial charge in [0.15, 0.2) is 0 Å². The maximum Gasteiger partial charge on any atom is 0.240 e. The summed E-state index contributed by atoms with van der Waals surface area (Å²) in [6.07, 6.45) is 0. The molecule has 0 bridgehead atoms. The standard InChI is InChI=1S/C20H18O4S.3C2H6/c1-15-3-5-17(6-4-15)23-18-7-9-19(10-8-18)24-25(21)20-13-11-16(22-2)12-14-20;3*1-2/h3-14H,1-2H3;3*1-2H3. The summed E-state index contributed by atoms with van der Waals surface area (Å²) in [5, 5.41) is 0. The molecule has 0 radical (unpaired) electrons. The monoisotopic (exact) mass is 444 g/mol. The molecular formula is C26H36O4S. The summed E-state index contributed by atoms with van der Waals surface area (Å²) in [7, 11) is 1.59. The molecular weight excluding hydrogens is 408 g/mol. The maximum absolute atomic E-state index is 12.2. The van der Waals surface area contributed by atoms with E-state index in [1.165, 1.54) is 5.56 Å². The molecule has 31 heavy (non-hydrogen) atoms. The molecule has 0 N–H and O–H groups in total. The first-order valence-corrected chi connectivity index (χ1v) is 11.8. The lowest BCUT2D eigenvalue weighted by Gasteiger charge is -2.08. The van der Waals surface area contributed by atoms with Gasteiger partial charge < -0.3 is 13.7 Å². The molecule has 1 unspecified atom stereocenters. The zero-order valence-corrected chi connectivity index (χ0v) is 20.8. The summed E-state index contributed by atoms with van der Waals surface area (Å²) < 4.78 is 28.5. The molecule has 0 saturated carbocycles. The van der Waals surface area contributed by atoms with E-state index in [2.05, 4.69) is 0 Å². The fraction of sp³-hybridized carbons (Fsp3) is 0.308. The first-order valence-electron chi connectivity index (χ1n) is 10.7. The van der Waals surface area contributed by atoms with Gasteiger partial charge in [0.1, 0.15) is 23.0 Å². The van der Waals surface area contributed by atoms with Crippen molar-refractivity contribution >= 4 is 11.1 Å². The van der Waals surface area contributed by atoms with Crippen LogP contribution in [0, 0.1) is 6.92 Å². The Hall–Kier alpha value is -2.79. The van der Waals surface area contributed by atoms with Gasteiger partial charge in [-0.25, -0.2) is 4.21 Å². The molecule has 170 valence electrons. The van der Waals surface area contributed by atoms with Gasteiger partial charge in [0.25, 0.3) is 0 Å². The number of hydrogen-bond acceptors (Lipinski definition) is 4. The Morgan fingerprint density at radius 1 is 0.581 bits per heavy atom. The summed E-state index contributed by atoms with van der Waals surface area (Å²) in [5.41, 5.74) is 1.18. The van der Waals surface area contributed by atoms with Crippen LogP contribution in [0.1, 0.15) is 47.1 Å². The minimum atomic E-state index is -1.59. The number of methoxy groups -OCH3 is 1. The zero-order chi connectivity index (χ0) is 23.6. The van der Waals surface area contributed by atoms with Crippen LogP contribution in [0.3, 0.4) is 0 Å². The van der Waals surface area contributed by atoms with Crippen molar-refractivity contribution in [3.05, 3.63) is 78.4 Å². The third-order valence-corrected chi connectivity index (χ3v) is 4.51. The van der Waals surface area contributed by atoms with Crippen molar-refractivity contribution < 1.29 is 17.9 Å². The Kier molecular flexibility index (Phi) is 15.4. The molecule has 4 nitrogen and oxygen atoms in total. The van der Waals surface area contributed by atoms with E-state index in [1.807, 2.05) is 72.7 Å². The van der Waals surface area contributed by atoms with E-state index < -0.39 is 11.1 Å². The van der Waals surface area contributed by atoms with E-state index in [0.29, 0.717) is 22.1 Å². The van der Waals surface area contributed by atoms with Crippen LogP contribution < -0.4 is 13.7 Å².